The van der Waals surface area contributed by atoms with Gasteiger partial charge in [-0.3, -0.25) is 4.79 Å². The van der Waals surface area contributed by atoms with Crippen molar-refractivity contribution in [3.8, 4) is 0 Å². The van der Waals surface area contributed by atoms with Crippen molar-refractivity contribution in [1.82, 2.24) is 4.57 Å². The van der Waals surface area contributed by atoms with Crippen molar-refractivity contribution in [3.63, 3.8) is 0 Å². The zero-order valence-corrected chi connectivity index (χ0v) is 7.81. The molecule has 1 N–H and O–H groups in total. The summed E-state index contributed by atoms with van der Waals surface area (Å²) in [4.78, 5) is 10.8. The van der Waals surface area contributed by atoms with Crippen molar-refractivity contribution in [2.75, 3.05) is 0 Å². The lowest BCUT2D eigenvalue weighted by molar-refractivity contribution is 0.143. The molecule has 1 atom stereocenters. The molecule has 0 bridgehead atoms. The van der Waals surface area contributed by atoms with E-state index in [2.05, 4.69) is 0 Å². The van der Waals surface area contributed by atoms with E-state index in [1.165, 1.54) is 12.1 Å². The van der Waals surface area contributed by atoms with Crippen molar-refractivity contribution in [1.29, 1.82) is 0 Å². The van der Waals surface area contributed by atoms with Crippen molar-refractivity contribution in [2.24, 2.45) is 0 Å². The number of nitrogens with zero attached hydrogens (tertiary/aromatic N) is 1. The summed E-state index contributed by atoms with van der Waals surface area (Å²) in [6.07, 6.45) is 4.85. The minimum absolute atomic E-state index is 0.00114. The third kappa shape index (κ3) is 3.42. The lowest BCUT2D eigenvalue weighted by Crippen LogP contribution is -2.16. The van der Waals surface area contributed by atoms with Gasteiger partial charge in [0.15, 0.2) is 5.43 Å². The molecular formula is C10H15NO2. The molecule has 1 heterocycles. The maximum absolute atomic E-state index is 10.8. The number of aromatic nitrogens is 1. The Balaban J connectivity index is 2.54. The van der Waals surface area contributed by atoms with Crippen molar-refractivity contribution >= 4 is 0 Å². The van der Waals surface area contributed by atoms with Crippen LogP contribution in [0.1, 0.15) is 19.8 Å². The van der Waals surface area contributed by atoms with E-state index in [0.717, 1.165) is 12.8 Å². The Kier molecular flexibility index (Phi) is 3.71. The molecule has 1 rings (SSSR count). The first-order valence-corrected chi connectivity index (χ1v) is 4.56. The SMILES string of the molecule is CCCC(O)Cn1ccc(=O)cc1. The van der Waals surface area contributed by atoms with E-state index in [-0.39, 0.29) is 11.5 Å². The predicted molar refractivity (Wildman–Crippen MR) is 51.6 cm³/mol. The molecule has 3 heteroatoms. The molecule has 1 aromatic heterocycles. The average molecular weight is 181 g/mol. The van der Waals surface area contributed by atoms with Gasteiger partial charge in [0.25, 0.3) is 0 Å². The topological polar surface area (TPSA) is 42.2 Å². The van der Waals surface area contributed by atoms with Gasteiger partial charge in [-0.25, -0.2) is 0 Å². The third-order valence-electron chi connectivity index (χ3n) is 1.90. The standard InChI is InChI=1S/C10H15NO2/c1-2-3-10(13)8-11-6-4-9(12)5-7-11/h4-7,10,13H,2-3,8H2,1H3. The molecule has 0 spiro atoms. The second-order valence-electron chi connectivity index (χ2n) is 3.17. The molecule has 3 nitrogen and oxygen atoms in total. The van der Waals surface area contributed by atoms with Gasteiger partial charge < -0.3 is 9.67 Å². The first kappa shape index (κ1) is 9.99. The summed E-state index contributed by atoms with van der Waals surface area (Å²) in [5, 5.41) is 9.47. The molecule has 0 fully saturated rings. The zero-order chi connectivity index (χ0) is 9.68. The number of hydrogen-bond acceptors (Lipinski definition) is 2. The molecule has 0 aliphatic carbocycles. The van der Waals surface area contributed by atoms with Gasteiger partial charge in [0.1, 0.15) is 0 Å². The molecule has 13 heavy (non-hydrogen) atoms. The van der Waals surface area contributed by atoms with Crippen LogP contribution >= 0.6 is 0 Å². The van der Waals surface area contributed by atoms with Gasteiger partial charge in [-0.05, 0) is 6.42 Å². The number of hydrogen-bond donors (Lipinski definition) is 1. The molecule has 0 aromatic carbocycles. The van der Waals surface area contributed by atoms with Gasteiger partial charge >= 0.3 is 0 Å². The van der Waals surface area contributed by atoms with E-state index < -0.39 is 0 Å². The Morgan fingerprint density at radius 3 is 2.62 bits per heavy atom. The van der Waals surface area contributed by atoms with E-state index in [9.17, 15) is 9.90 Å². The second kappa shape index (κ2) is 4.82. The van der Waals surface area contributed by atoms with Crippen LogP contribution in [0.15, 0.2) is 29.3 Å². The fourth-order valence-corrected chi connectivity index (χ4v) is 1.23. The highest BCUT2D eigenvalue weighted by atomic mass is 16.3. The monoisotopic (exact) mass is 181 g/mol. The summed E-state index contributed by atoms with van der Waals surface area (Å²) in [5.74, 6) is 0. The fourth-order valence-electron chi connectivity index (χ4n) is 1.23. The van der Waals surface area contributed by atoms with Crippen LogP contribution in [-0.4, -0.2) is 15.8 Å². The van der Waals surface area contributed by atoms with Gasteiger partial charge in [-0.15, -0.1) is 0 Å². The minimum Gasteiger partial charge on any atom is -0.391 e. The highest BCUT2D eigenvalue weighted by molar-refractivity contribution is 4.93. The van der Waals surface area contributed by atoms with Crippen LogP contribution in [0.3, 0.4) is 0 Å². The van der Waals surface area contributed by atoms with Crippen LogP contribution < -0.4 is 5.43 Å². The third-order valence-corrected chi connectivity index (χ3v) is 1.90. The fraction of sp³-hybridized carbons (Fsp3) is 0.500. The Bertz CT molecular complexity index is 286. The lowest BCUT2D eigenvalue weighted by Gasteiger charge is -2.11. The quantitative estimate of drug-likeness (QED) is 0.753. The normalized spacial score (nSPS) is 12.8. The van der Waals surface area contributed by atoms with E-state index >= 15 is 0 Å². The lowest BCUT2D eigenvalue weighted by atomic mass is 10.2. The summed E-state index contributed by atoms with van der Waals surface area (Å²) in [7, 11) is 0. The summed E-state index contributed by atoms with van der Waals surface area (Å²) >= 11 is 0. The zero-order valence-electron chi connectivity index (χ0n) is 7.81. The van der Waals surface area contributed by atoms with E-state index in [0.29, 0.717) is 6.54 Å². The van der Waals surface area contributed by atoms with Gasteiger partial charge in [0.2, 0.25) is 0 Å². The Hall–Kier alpha value is -1.09. The molecule has 72 valence electrons. The average Bonchev–Trinajstić information content (AvgIpc) is 2.09. The van der Waals surface area contributed by atoms with Gasteiger partial charge in [0.05, 0.1) is 6.10 Å². The number of pyridine rings is 1. The molecule has 1 unspecified atom stereocenters. The number of rotatable bonds is 4. The molecule has 0 aliphatic heterocycles. The van der Waals surface area contributed by atoms with Gasteiger partial charge in [-0.2, -0.15) is 0 Å². The van der Waals surface area contributed by atoms with E-state index in [4.69, 9.17) is 0 Å². The Morgan fingerprint density at radius 2 is 2.08 bits per heavy atom. The molecule has 0 radical (unpaired) electrons. The highest BCUT2D eigenvalue weighted by Crippen LogP contribution is 1.99. The summed E-state index contributed by atoms with van der Waals surface area (Å²) in [6, 6.07) is 3.00. The second-order valence-corrected chi connectivity index (χ2v) is 3.17. The molecule has 0 amide bonds. The largest absolute Gasteiger partial charge is 0.391 e. The Morgan fingerprint density at radius 1 is 1.46 bits per heavy atom. The molecule has 1 aromatic rings. The predicted octanol–water partition coefficient (Wildman–Crippen LogP) is 1.01. The first-order valence-electron chi connectivity index (χ1n) is 4.56. The first-order chi connectivity index (χ1) is 6.22. The van der Waals surface area contributed by atoms with Gasteiger partial charge in [0, 0.05) is 31.1 Å². The summed E-state index contributed by atoms with van der Waals surface area (Å²) in [5.41, 5.74) is 0.00114. The number of aliphatic hydroxyl groups excluding tert-OH is 1. The maximum atomic E-state index is 10.8. The summed E-state index contributed by atoms with van der Waals surface area (Å²) < 4.78 is 1.82. The van der Waals surface area contributed by atoms with Crippen LogP contribution in [-0.2, 0) is 6.54 Å². The van der Waals surface area contributed by atoms with E-state index in [1.807, 2.05) is 11.5 Å². The van der Waals surface area contributed by atoms with Crippen LogP contribution in [0.2, 0.25) is 0 Å². The maximum Gasteiger partial charge on any atom is 0.181 e. The van der Waals surface area contributed by atoms with Crippen molar-refractivity contribution in [3.05, 3.63) is 34.7 Å². The van der Waals surface area contributed by atoms with Crippen LogP contribution in [0.5, 0.6) is 0 Å². The smallest absolute Gasteiger partial charge is 0.181 e. The van der Waals surface area contributed by atoms with Crippen LogP contribution in [0.4, 0.5) is 0 Å². The molecule has 0 saturated carbocycles. The van der Waals surface area contributed by atoms with Crippen LogP contribution in [0, 0.1) is 0 Å². The minimum atomic E-state index is -0.312. The van der Waals surface area contributed by atoms with Crippen molar-refractivity contribution in [2.45, 2.75) is 32.4 Å². The highest BCUT2D eigenvalue weighted by Gasteiger charge is 2.01. The molecular weight excluding hydrogens is 166 g/mol. The van der Waals surface area contributed by atoms with E-state index in [1.54, 1.807) is 12.4 Å². The van der Waals surface area contributed by atoms with Crippen molar-refractivity contribution < 1.29 is 5.11 Å². The van der Waals surface area contributed by atoms with Gasteiger partial charge in [-0.1, -0.05) is 13.3 Å². The number of aliphatic hydroxyl groups is 1. The molecule has 0 saturated heterocycles. The summed E-state index contributed by atoms with van der Waals surface area (Å²) in [6.45, 7) is 2.60. The molecule has 0 aliphatic rings. The van der Waals surface area contributed by atoms with Crippen LogP contribution in [0.25, 0.3) is 0 Å². The Labute approximate surface area is 77.6 Å².